The molecular formula is C17H16F3N. The molecule has 0 amide bonds. The first kappa shape index (κ1) is 14.1. The Morgan fingerprint density at radius 3 is 2.24 bits per heavy atom. The summed E-state index contributed by atoms with van der Waals surface area (Å²) >= 11 is 0. The molecule has 1 nitrogen and oxygen atoms in total. The van der Waals surface area contributed by atoms with Gasteiger partial charge in [-0.1, -0.05) is 42.5 Å². The average Bonchev–Trinajstić information content (AvgIpc) is 3.25. The molecule has 2 atom stereocenters. The predicted octanol–water partition coefficient (Wildman–Crippen LogP) is 4.35. The molecule has 0 radical (unpaired) electrons. The van der Waals surface area contributed by atoms with Crippen LogP contribution in [-0.4, -0.2) is 6.04 Å². The highest BCUT2D eigenvalue weighted by Gasteiger charge is 2.37. The van der Waals surface area contributed by atoms with Crippen LogP contribution in [0.5, 0.6) is 0 Å². The highest BCUT2D eigenvalue weighted by atomic mass is 19.4. The zero-order chi connectivity index (χ0) is 14.9. The standard InChI is InChI=1S/C17H16F3N/c18-17(19,20)14-8-6-12(7-9-14)11-21-16-10-15(16)13-4-2-1-3-5-13/h1-9,15-16,21H,10-11H2. The number of rotatable bonds is 4. The van der Waals surface area contributed by atoms with Crippen LogP contribution in [0, 0.1) is 0 Å². The first-order valence-electron chi connectivity index (χ1n) is 6.98. The van der Waals surface area contributed by atoms with Crippen molar-refractivity contribution in [2.75, 3.05) is 0 Å². The smallest absolute Gasteiger partial charge is 0.309 e. The van der Waals surface area contributed by atoms with E-state index in [9.17, 15) is 13.2 Å². The van der Waals surface area contributed by atoms with Crippen molar-refractivity contribution < 1.29 is 13.2 Å². The summed E-state index contributed by atoms with van der Waals surface area (Å²) in [6.45, 7) is 0.603. The second-order valence-electron chi connectivity index (χ2n) is 5.43. The summed E-state index contributed by atoms with van der Waals surface area (Å²) in [7, 11) is 0. The van der Waals surface area contributed by atoms with Crippen LogP contribution < -0.4 is 5.32 Å². The highest BCUT2D eigenvalue weighted by molar-refractivity contribution is 5.28. The third-order valence-corrected chi connectivity index (χ3v) is 3.87. The SMILES string of the molecule is FC(F)(F)c1ccc(CNC2CC2c2ccccc2)cc1. The molecule has 0 heterocycles. The second kappa shape index (κ2) is 5.53. The van der Waals surface area contributed by atoms with Crippen LogP contribution in [0.15, 0.2) is 54.6 Å². The Labute approximate surface area is 121 Å². The van der Waals surface area contributed by atoms with Gasteiger partial charge in [0.15, 0.2) is 0 Å². The molecule has 0 bridgehead atoms. The van der Waals surface area contributed by atoms with E-state index in [4.69, 9.17) is 0 Å². The van der Waals surface area contributed by atoms with Crippen LogP contribution in [-0.2, 0) is 12.7 Å². The van der Waals surface area contributed by atoms with Crippen molar-refractivity contribution in [1.82, 2.24) is 5.32 Å². The lowest BCUT2D eigenvalue weighted by molar-refractivity contribution is -0.137. The van der Waals surface area contributed by atoms with E-state index in [-0.39, 0.29) is 0 Å². The van der Waals surface area contributed by atoms with Crippen molar-refractivity contribution in [1.29, 1.82) is 0 Å². The van der Waals surface area contributed by atoms with E-state index in [2.05, 4.69) is 17.4 Å². The fourth-order valence-electron chi connectivity index (χ4n) is 2.55. The fraction of sp³-hybridized carbons (Fsp3) is 0.294. The molecule has 110 valence electrons. The van der Waals surface area contributed by atoms with Gasteiger partial charge in [0.25, 0.3) is 0 Å². The van der Waals surface area contributed by atoms with Crippen molar-refractivity contribution in [3.8, 4) is 0 Å². The number of hydrogen-bond donors (Lipinski definition) is 1. The van der Waals surface area contributed by atoms with Crippen molar-refractivity contribution in [3.05, 3.63) is 71.3 Å². The van der Waals surface area contributed by atoms with Crippen molar-refractivity contribution in [3.63, 3.8) is 0 Å². The number of hydrogen-bond acceptors (Lipinski definition) is 1. The normalized spacial score (nSPS) is 21.3. The number of nitrogens with one attached hydrogen (secondary N) is 1. The number of benzene rings is 2. The molecule has 1 fully saturated rings. The fourth-order valence-corrected chi connectivity index (χ4v) is 2.55. The lowest BCUT2D eigenvalue weighted by atomic mass is 10.1. The Hall–Kier alpha value is -1.81. The van der Waals surface area contributed by atoms with Crippen LogP contribution in [0.3, 0.4) is 0 Å². The second-order valence-corrected chi connectivity index (χ2v) is 5.43. The van der Waals surface area contributed by atoms with Gasteiger partial charge < -0.3 is 5.32 Å². The van der Waals surface area contributed by atoms with Crippen LogP contribution in [0.1, 0.15) is 29.0 Å². The summed E-state index contributed by atoms with van der Waals surface area (Å²) in [5, 5.41) is 3.40. The number of alkyl halides is 3. The molecule has 3 rings (SSSR count). The molecule has 0 aliphatic heterocycles. The van der Waals surface area contributed by atoms with E-state index >= 15 is 0 Å². The van der Waals surface area contributed by atoms with E-state index in [1.165, 1.54) is 17.7 Å². The first-order valence-corrected chi connectivity index (χ1v) is 6.98. The Kier molecular flexibility index (Phi) is 3.72. The maximum Gasteiger partial charge on any atom is 0.416 e. The molecule has 1 aliphatic rings. The minimum absolute atomic E-state index is 0.426. The number of halogens is 3. The van der Waals surface area contributed by atoms with Crippen molar-refractivity contribution in [2.45, 2.75) is 31.1 Å². The Bertz CT molecular complexity index is 590. The maximum atomic E-state index is 12.5. The molecule has 21 heavy (non-hydrogen) atoms. The largest absolute Gasteiger partial charge is 0.416 e. The first-order chi connectivity index (χ1) is 10.0. The van der Waals surface area contributed by atoms with Gasteiger partial charge in [0, 0.05) is 18.5 Å². The Morgan fingerprint density at radius 1 is 0.952 bits per heavy atom. The lowest BCUT2D eigenvalue weighted by Crippen LogP contribution is -2.17. The quantitative estimate of drug-likeness (QED) is 0.883. The summed E-state index contributed by atoms with van der Waals surface area (Å²) in [6.07, 6.45) is -3.18. The van der Waals surface area contributed by atoms with Gasteiger partial charge in [0.2, 0.25) is 0 Å². The Morgan fingerprint density at radius 2 is 1.62 bits per heavy atom. The molecule has 2 aromatic rings. The summed E-state index contributed by atoms with van der Waals surface area (Å²) in [6, 6.07) is 16.1. The monoisotopic (exact) mass is 291 g/mol. The van der Waals surface area contributed by atoms with Crippen molar-refractivity contribution in [2.24, 2.45) is 0 Å². The van der Waals surface area contributed by atoms with E-state index in [1.807, 2.05) is 18.2 Å². The molecule has 0 saturated heterocycles. The molecule has 2 unspecified atom stereocenters. The third-order valence-electron chi connectivity index (χ3n) is 3.87. The zero-order valence-electron chi connectivity index (χ0n) is 11.4. The van der Waals surface area contributed by atoms with E-state index in [0.717, 1.165) is 24.1 Å². The Balaban J connectivity index is 1.53. The van der Waals surface area contributed by atoms with E-state index in [1.54, 1.807) is 0 Å². The van der Waals surface area contributed by atoms with Gasteiger partial charge in [0.05, 0.1) is 5.56 Å². The topological polar surface area (TPSA) is 12.0 Å². The van der Waals surface area contributed by atoms with Crippen LogP contribution in [0.25, 0.3) is 0 Å². The maximum absolute atomic E-state index is 12.5. The van der Waals surface area contributed by atoms with Crippen molar-refractivity contribution >= 4 is 0 Å². The van der Waals surface area contributed by atoms with Gasteiger partial charge >= 0.3 is 6.18 Å². The minimum atomic E-state index is -4.26. The molecule has 1 N–H and O–H groups in total. The van der Waals surface area contributed by atoms with Gasteiger partial charge in [-0.25, -0.2) is 0 Å². The van der Waals surface area contributed by atoms with Gasteiger partial charge in [-0.05, 0) is 29.7 Å². The average molecular weight is 291 g/mol. The summed E-state index contributed by atoms with van der Waals surface area (Å²) in [5.74, 6) is 0.528. The van der Waals surface area contributed by atoms with Gasteiger partial charge in [0.1, 0.15) is 0 Å². The van der Waals surface area contributed by atoms with Gasteiger partial charge in [-0.2, -0.15) is 13.2 Å². The highest BCUT2D eigenvalue weighted by Crippen LogP contribution is 2.40. The summed E-state index contributed by atoms with van der Waals surface area (Å²) in [4.78, 5) is 0. The summed E-state index contributed by atoms with van der Waals surface area (Å²) < 4.78 is 37.4. The van der Waals surface area contributed by atoms with Crippen LogP contribution in [0.4, 0.5) is 13.2 Å². The van der Waals surface area contributed by atoms with E-state index in [0.29, 0.717) is 18.5 Å². The molecule has 1 aliphatic carbocycles. The molecule has 1 saturated carbocycles. The third kappa shape index (κ3) is 3.45. The van der Waals surface area contributed by atoms with Gasteiger partial charge in [-0.15, -0.1) is 0 Å². The van der Waals surface area contributed by atoms with Crippen LogP contribution >= 0.6 is 0 Å². The predicted molar refractivity (Wildman–Crippen MR) is 75.9 cm³/mol. The molecular weight excluding hydrogens is 275 g/mol. The summed E-state index contributed by atoms with van der Waals surface area (Å²) in [5.41, 5.74) is 1.60. The molecule has 2 aromatic carbocycles. The molecule has 0 aromatic heterocycles. The minimum Gasteiger partial charge on any atom is -0.309 e. The zero-order valence-corrected chi connectivity index (χ0v) is 11.4. The lowest BCUT2D eigenvalue weighted by Gasteiger charge is -2.08. The molecule has 0 spiro atoms. The van der Waals surface area contributed by atoms with E-state index < -0.39 is 11.7 Å². The molecule has 4 heteroatoms. The van der Waals surface area contributed by atoms with Gasteiger partial charge in [-0.3, -0.25) is 0 Å². The van der Waals surface area contributed by atoms with Crippen LogP contribution in [0.2, 0.25) is 0 Å².